The summed E-state index contributed by atoms with van der Waals surface area (Å²) in [7, 11) is 0. The van der Waals surface area contributed by atoms with Gasteiger partial charge in [-0.25, -0.2) is 0 Å². The van der Waals surface area contributed by atoms with Gasteiger partial charge < -0.3 is 0 Å². The Hall–Kier alpha value is -4.63. The molecular formula is C54H48BrP3Rh. The van der Waals surface area contributed by atoms with Crippen LogP contribution < -0.4 is 47.7 Å². The maximum absolute atomic E-state index is 5.63. The van der Waals surface area contributed by atoms with Crippen molar-refractivity contribution in [3.05, 3.63) is 273 Å². The second-order valence-electron chi connectivity index (χ2n) is 14.6. The van der Waals surface area contributed by atoms with E-state index >= 15 is 0 Å². The van der Waals surface area contributed by atoms with E-state index in [1.165, 1.54) is 47.7 Å². The Kier molecular flexibility index (Phi) is 11.8. The van der Waals surface area contributed by atoms with Crippen molar-refractivity contribution < 1.29 is 11.4 Å². The maximum atomic E-state index is 5.63. The van der Waals surface area contributed by atoms with Gasteiger partial charge in [-0.05, 0) is 0 Å². The SMILES string of the molecule is [Br][Rh]([PH](c1ccccc1)(c1ccccc1)c1ccccc1)([PH](c1ccccc1)(c1ccccc1)c1ccccc1)[PH](c1ccccc1)(c1ccccc1)c1ccccc1. The van der Waals surface area contributed by atoms with Crippen molar-refractivity contribution in [2.45, 2.75) is 0 Å². The van der Waals surface area contributed by atoms with Gasteiger partial charge in [0.2, 0.25) is 0 Å². The van der Waals surface area contributed by atoms with Crippen molar-refractivity contribution >= 4 is 78.1 Å². The third-order valence-corrected chi connectivity index (χ3v) is 99.2. The molecule has 0 unspecified atom stereocenters. The van der Waals surface area contributed by atoms with E-state index in [9.17, 15) is 0 Å². The Morgan fingerprint density at radius 3 is 0.390 bits per heavy atom. The molecule has 0 aliphatic heterocycles. The second kappa shape index (κ2) is 17.5. The van der Waals surface area contributed by atoms with E-state index in [1.54, 1.807) is 0 Å². The van der Waals surface area contributed by atoms with Crippen LogP contribution in [0, 0.1) is 0 Å². The first kappa shape index (κ1) is 39.8. The number of rotatable bonds is 12. The Labute approximate surface area is 359 Å². The van der Waals surface area contributed by atoms with Gasteiger partial charge in [0.05, 0.1) is 0 Å². The van der Waals surface area contributed by atoms with Gasteiger partial charge in [0.1, 0.15) is 0 Å². The molecule has 0 atom stereocenters. The van der Waals surface area contributed by atoms with Crippen LogP contribution in [0.3, 0.4) is 0 Å². The van der Waals surface area contributed by atoms with Crippen molar-refractivity contribution in [1.82, 2.24) is 0 Å². The topological polar surface area (TPSA) is 0 Å². The summed E-state index contributed by atoms with van der Waals surface area (Å²) in [6, 6.07) is 106. The van der Waals surface area contributed by atoms with Gasteiger partial charge in [0, 0.05) is 0 Å². The van der Waals surface area contributed by atoms with Gasteiger partial charge in [-0.3, -0.25) is 0 Å². The summed E-state index contributed by atoms with van der Waals surface area (Å²) in [6.45, 7) is 0. The molecule has 0 fully saturated rings. The van der Waals surface area contributed by atoms with Crippen LogP contribution in [-0.4, -0.2) is 0 Å². The van der Waals surface area contributed by atoms with E-state index in [4.69, 9.17) is 13.6 Å². The van der Waals surface area contributed by atoms with E-state index in [1.807, 2.05) is 0 Å². The second-order valence-corrected chi connectivity index (χ2v) is 64.9. The molecule has 295 valence electrons. The van der Waals surface area contributed by atoms with Crippen molar-refractivity contribution in [2.75, 3.05) is 0 Å². The van der Waals surface area contributed by atoms with Crippen molar-refractivity contribution in [3.8, 4) is 0 Å². The predicted molar refractivity (Wildman–Crippen MR) is 269 cm³/mol. The fraction of sp³-hybridized carbons (Fsp3) is 0. The third kappa shape index (κ3) is 6.40. The molecular weight excluding hydrogens is 924 g/mol. The molecule has 0 aliphatic rings. The van der Waals surface area contributed by atoms with Crippen LogP contribution in [0.4, 0.5) is 0 Å². The Morgan fingerprint density at radius 1 is 0.186 bits per heavy atom. The van der Waals surface area contributed by atoms with Crippen LogP contribution in [0.5, 0.6) is 0 Å². The first-order valence-electron chi connectivity index (χ1n) is 20.1. The zero-order chi connectivity index (χ0) is 40.0. The quantitative estimate of drug-likeness (QED) is 0.0846. The normalized spacial score (nSPS) is 14.3. The summed E-state index contributed by atoms with van der Waals surface area (Å²) < 4.78 is 0. The minimum atomic E-state index is -3.96. The summed E-state index contributed by atoms with van der Waals surface area (Å²) in [6.07, 6.45) is 0. The van der Waals surface area contributed by atoms with E-state index < -0.39 is 28.2 Å². The molecule has 0 aliphatic carbocycles. The van der Waals surface area contributed by atoms with Gasteiger partial charge in [-0.2, -0.15) is 0 Å². The standard InChI is InChI=1S/3C18H15P.BrH.Rh/c3*1-4-10-16(11-5-1)19(17-12-6-2-7-13-17)18-14-8-3-9-15-18;;/h3*1-15H;1H;/q;;;;-2/p+2. The molecule has 0 saturated carbocycles. The molecule has 9 aromatic rings. The molecule has 0 spiro atoms. The number of benzene rings is 9. The zero-order valence-corrected chi connectivity index (χ0v) is 38.9. The Morgan fingerprint density at radius 2 is 0.288 bits per heavy atom. The van der Waals surface area contributed by atoms with E-state index in [-0.39, 0.29) is 0 Å². The molecule has 0 aromatic heterocycles. The first-order valence-corrected chi connectivity index (χ1v) is 36.7. The average Bonchev–Trinajstić information content (AvgIpc) is 3.33. The molecule has 0 radical (unpaired) electrons. The molecule has 0 amide bonds. The summed E-state index contributed by atoms with van der Waals surface area (Å²) in [5, 5.41) is 13.0. The van der Waals surface area contributed by atoms with Gasteiger partial charge in [-0.15, -0.1) is 0 Å². The van der Waals surface area contributed by atoms with Crippen LogP contribution in [-0.2, 0) is 11.4 Å². The average molecular weight is 973 g/mol. The van der Waals surface area contributed by atoms with Crippen LogP contribution in [0.1, 0.15) is 0 Å². The predicted octanol–water partition coefficient (Wildman–Crippen LogP) is 10.4. The van der Waals surface area contributed by atoms with Crippen LogP contribution >= 0.6 is 30.4 Å². The molecule has 0 bridgehead atoms. The Balaban J connectivity index is 1.71. The van der Waals surface area contributed by atoms with Gasteiger partial charge >= 0.3 is 363 Å². The molecule has 9 rings (SSSR count). The molecule has 59 heavy (non-hydrogen) atoms. The first-order chi connectivity index (χ1) is 29.2. The summed E-state index contributed by atoms with van der Waals surface area (Å²) in [5.41, 5.74) is -10.0. The molecule has 5 heteroatoms. The van der Waals surface area contributed by atoms with Gasteiger partial charge in [-0.1, -0.05) is 0 Å². The summed E-state index contributed by atoms with van der Waals surface area (Å²) in [5.74, 6) is 0. The Bertz CT molecular complexity index is 2100. The summed E-state index contributed by atoms with van der Waals surface area (Å²) >= 11 is 1.68. The number of halogens is 1. The van der Waals surface area contributed by atoms with Crippen LogP contribution in [0.15, 0.2) is 273 Å². The van der Waals surface area contributed by atoms with Gasteiger partial charge in [0.25, 0.3) is 0 Å². The number of hydrogen-bond donors (Lipinski definition) is 0. The van der Waals surface area contributed by atoms with E-state index in [0.717, 1.165) is 0 Å². The van der Waals surface area contributed by atoms with Crippen LogP contribution in [0.25, 0.3) is 0 Å². The monoisotopic (exact) mass is 971 g/mol. The van der Waals surface area contributed by atoms with E-state index in [0.29, 0.717) is 0 Å². The van der Waals surface area contributed by atoms with E-state index in [2.05, 4.69) is 273 Å². The molecule has 0 nitrogen and oxygen atoms in total. The van der Waals surface area contributed by atoms with Crippen molar-refractivity contribution in [1.29, 1.82) is 0 Å². The molecule has 9 aromatic carbocycles. The minimum absolute atomic E-state index is 1.44. The summed E-state index contributed by atoms with van der Waals surface area (Å²) in [4.78, 5) is 0. The molecule has 0 N–H and O–H groups in total. The van der Waals surface area contributed by atoms with Crippen molar-refractivity contribution in [3.63, 3.8) is 0 Å². The zero-order valence-electron chi connectivity index (χ0n) is 32.7. The van der Waals surface area contributed by atoms with Crippen molar-refractivity contribution in [2.24, 2.45) is 0 Å². The molecule has 0 saturated heterocycles. The third-order valence-electron chi connectivity index (χ3n) is 11.5. The van der Waals surface area contributed by atoms with Crippen LogP contribution in [0.2, 0.25) is 0 Å². The van der Waals surface area contributed by atoms with Gasteiger partial charge in [0.15, 0.2) is 0 Å². The fourth-order valence-electron chi connectivity index (χ4n) is 9.20. The number of hydrogen-bond acceptors (Lipinski definition) is 0. The fourth-order valence-corrected chi connectivity index (χ4v) is 130. The molecule has 0 heterocycles.